The van der Waals surface area contributed by atoms with Crippen molar-refractivity contribution in [1.29, 1.82) is 0 Å². The van der Waals surface area contributed by atoms with Crippen LogP contribution in [0.5, 0.6) is 0 Å². The molecule has 0 saturated heterocycles. The fourth-order valence-corrected chi connectivity index (χ4v) is 3.13. The smallest absolute Gasteiger partial charge is 0.192 e. The maximum atomic E-state index is 4.40. The predicted octanol–water partition coefficient (Wildman–Crippen LogP) is 4.20. The van der Waals surface area contributed by atoms with E-state index in [0.29, 0.717) is 6.04 Å². The minimum absolute atomic E-state index is 0.483. The van der Waals surface area contributed by atoms with Crippen LogP contribution in [0.4, 0.5) is 0 Å². The van der Waals surface area contributed by atoms with Gasteiger partial charge in [0, 0.05) is 33.8 Å². The van der Waals surface area contributed by atoms with Crippen LogP contribution in [0.1, 0.15) is 25.1 Å². The van der Waals surface area contributed by atoms with Crippen LogP contribution in [0, 0.1) is 6.92 Å². The van der Waals surface area contributed by atoms with Crippen molar-refractivity contribution >= 4 is 27.7 Å². The van der Waals surface area contributed by atoms with Crippen LogP contribution in [0.25, 0.3) is 0 Å². The first-order valence-corrected chi connectivity index (χ1v) is 8.15. The third kappa shape index (κ3) is 4.58. The molecule has 20 heavy (non-hydrogen) atoms. The Bertz CT molecular complexity index is 587. The van der Waals surface area contributed by atoms with E-state index in [1.807, 2.05) is 13.0 Å². The summed E-state index contributed by atoms with van der Waals surface area (Å²) in [5.74, 6) is 0. The molecule has 0 spiro atoms. The van der Waals surface area contributed by atoms with E-state index in [1.54, 1.807) is 18.0 Å². The molecule has 1 heterocycles. The highest BCUT2D eigenvalue weighted by atomic mass is 79.9. The van der Waals surface area contributed by atoms with Gasteiger partial charge in [0.05, 0.1) is 0 Å². The van der Waals surface area contributed by atoms with E-state index in [9.17, 15) is 0 Å². The average molecular weight is 352 g/mol. The normalized spacial score (nSPS) is 11.1. The van der Waals surface area contributed by atoms with E-state index in [1.165, 1.54) is 5.56 Å². The van der Waals surface area contributed by atoms with E-state index in [0.717, 1.165) is 26.8 Å². The molecule has 2 rings (SSSR count). The Kier molecular flexibility index (Phi) is 5.57. The van der Waals surface area contributed by atoms with Crippen molar-refractivity contribution in [2.24, 2.45) is 0 Å². The molecule has 0 radical (unpaired) electrons. The van der Waals surface area contributed by atoms with Crippen molar-refractivity contribution < 1.29 is 0 Å². The minimum atomic E-state index is 0.483. The van der Waals surface area contributed by atoms with Crippen molar-refractivity contribution in [3.05, 3.63) is 46.2 Å². The number of hydrogen-bond acceptors (Lipinski definition) is 4. The van der Waals surface area contributed by atoms with Crippen LogP contribution in [-0.2, 0) is 6.54 Å². The fourth-order valence-electron chi connectivity index (χ4n) is 1.63. The number of rotatable bonds is 5. The number of halogens is 1. The van der Waals surface area contributed by atoms with Crippen molar-refractivity contribution in [1.82, 2.24) is 15.3 Å². The highest BCUT2D eigenvalue weighted by molar-refractivity contribution is 9.10. The predicted molar refractivity (Wildman–Crippen MR) is 87.0 cm³/mol. The van der Waals surface area contributed by atoms with Gasteiger partial charge in [-0.15, -0.1) is 0 Å². The second-order valence-corrected chi connectivity index (χ2v) is 6.77. The highest BCUT2D eigenvalue weighted by Gasteiger charge is 2.05. The van der Waals surface area contributed by atoms with Crippen molar-refractivity contribution in [2.75, 3.05) is 0 Å². The van der Waals surface area contributed by atoms with E-state index in [4.69, 9.17) is 0 Å². The van der Waals surface area contributed by atoms with Gasteiger partial charge in [0.15, 0.2) is 5.16 Å². The molecule has 0 atom stereocenters. The Labute approximate surface area is 132 Å². The summed E-state index contributed by atoms with van der Waals surface area (Å²) >= 11 is 5.21. The first kappa shape index (κ1) is 15.5. The van der Waals surface area contributed by atoms with Gasteiger partial charge in [0.1, 0.15) is 0 Å². The van der Waals surface area contributed by atoms with Gasteiger partial charge in [-0.2, -0.15) is 0 Å². The second-order valence-electron chi connectivity index (χ2n) is 4.87. The molecule has 2 aromatic rings. The van der Waals surface area contributed by atoms with Gasteiger partial charge >= 0.3 is 0 Å². The van der Waals surface area contributed by atoms with Gasteiger partial charge in [-0.3, -0.25) is 0 Å². The van der Waals surface area contributed by atoms with Crippen LogP contribution in [0.15, 0.2) is 45.0 Å². The van der Waals surface area contributed by atoms with Gasteiger partial charge in [0.2, 0.25) is 0 Å². The molecule has 106 valence electrons. The lowest BCUT2D eigenvalue weighted by Crippen LogP contribution is -2.21. The fraction of sp³-hybridized carbons (Fsp3) is 0.333. The Morgan fingerprint density at radius 2 is 2.10 bits per heavy atom. The monoisotopic (exact) mass is 351 g/mol. The zero-order valence-corrected chi connectivity index (χ0v) is 14.3. The first-order chi connectivity index (χ1) is 9.54. The number of benzene rings is 1. The van der Waals surface area contributed by atoms with Crippen molar-refractivity contribution in [3.63, 3.8) is 0 Å². The molecular formula is C15H18BrN3S. The van der Waals surface area contributed by atoms with Crippen LogP contribution in [-0.4, -0.2) is 16.0 Å². The molecule has 0 aliphatic carbocycles. The molecule has 3 nitrogen and oxygen atoms in total. The molecule has 0 aliphatic rings. The zero-order chi connectivity index (χ0) is 14.5. The van der Waals surface area contributed by atoms with Gasteiger partial charge in [-0.05, 0) is 42.4 Å². The average Bonchev–Trinajstić information content (AvgIpc) is 2.37. The van der Waals surface area contributed by atoms with Gasteiger partial charge in [0.25, 0.3) is 0 Å². The lowest BCUT2D eigenvalue weighted by atomic mass is 10.2. The van der Waals surface area contributed by atoms with Gasteiger partial charge in [-0.25, -0.2) is 9.97 Å². The largest absolute Gasteiger partial charge is 0.310 e. The van der Waals surface area contributed by atoms with Crippen LogP contribution in [0.2, 0.25) is 0 Å². The van der Waals surface area contributed by atoms with E-state index in [2.05, 4.69) is 63.3 Å². The summed E-state index contributed by atoms with van der Waals surface area (Å²) < 4.78 is 1.11. The molecule has 0 unspecified atom stereocenters. The molecule has 0 fully saturated rings. The summed E-state index contributed by atoms with van der Waals surface area (Å²) in [5, 5.41) is 4.20. The second kappa shape index (κ2) is 7.20. The quantitative estimate of drug-likeness (QED) is 0.819. The summed E-state index contributed by atoms with van der Waals surface area (Å²) in [6.45, 7) is 7.13. The maximum Gasteiger partial charge on any atom is 0.192 e. The van der Waals surface area contributed by atoms with Gasteiger partial charge in [-0.1, -0.05) is 35.8 Å². The standard InChI is InChI=1S/C15H18BrN3S/c1-10(2)18-9-12-4-5-13(8-14(12)16)20-15-17-7-6-11(3)19-15/h4-8,10,18H,9H2,1-3H3. The van der Waals surface area contributed by atoms with Crippen molar-refractivity contribution in [2.45, 2.75) is 43.4 Å². The summed E-state index contributed by atoms with van der Waals surface area (Å²) in [4.78, 5) is 9.81. The summed E-state index contributed by atoms with van der Waals surface area (Å²) in [6.07, 6.45) is 1.79. The molecule has 0 aliphatic heterocycles. The maximum absolute atomic E-state index is 4.40. The molecule has 1 N–H and O–H groups in total. The highest BCUT2D eigenvalue weighted by Crippen LogP contribution is 2.29. The number of aryl methyl sites for hydroxylation is 1. The number of nitrogens with one attached hydrogen (secondary N) is 1. The molecule has 0 amide bonds. The Balaban J connectivity index is 2.09. The molecule has 1 aromatic carbocycles. The number of nitrogens with zero attached hydrogens (tertiary/aromatic N) is 2. The SMILES string of the molecule is Cc1ccnc(Sc2ccc(CNC(C)C)c(Br)c2)n1. The third-order valence-corrected chi connectivity index (χ3v) is 4.31. The third-order valence-electron chi connectivity index (χ3n) is 2.71. The molecular weight excluding hydrogens is 334 g/mol. The van der Waals surface area contributed by atoms with Crippen molar-refractivity contribution in [3.8, 4) is 0 Å². The molecule has 0 bridgehead atoms. The molecule has 0 saturated carbocycles. The summed E-state index contributed by atoms with van der Waals surface area (Å²) in [7, 11) is 0. The summed E-state index contributed by atoms with van der Waals surface area (Å²) in [5.41, 5.74) is 2.24. The number of aromatic nitrogens is 2. The van der Waals surface area contributed by atoms with E-state index >= 15 is 0 Å². The molecule has 1 aromatic heterocycles. The zero-order valence-electron chi connectivity index (χ0n) is 11.9. The minimum Gasteiger partial charge on any atom is -0.310 e. The van der Waals surface area contributed by atoms with E-state index in [-0.39, 0.29) is 0 Å². The summed E-state index contributed by atoms with van der Waals surface area (Å²) in [6, 6.07) is 8.75. The van der Waals surface area contributed by atoms with E-state index < -0.39 is 0 Å². The van der Waals surface area contributed by atoms with Crippen LogP contribution in [0.3, 0.4) is 0 Å². The lowest BCUT2D eigenvalue weighted by Gasteiger charge is -2.10. The number of hydrogen-bond donors (Lipinski definition) is 1. The van der Waals surface area contributed by atoms with Gasteiger partial charge < -0.3 is 5.32 Å². The Morgan fingerprint density at radius 3 is 2.75 bits per heavy atom. The van der Waals surface area contributed by atoms with Crippen LogP contribution >= 0.6 is 27.7 Å². The lowest BCUT2D eigenvalue weighted by molar-refractivity contribution is 0.587. The Hall–Kier alpha value is -0.910. The first-order valence-electron chi connectivity index (χ1n) is 6.54. The Morgan fingerprint density at radius 1 is 1.30 bits per heavy atom. The molecule has 5 heteroatoms. The topological polar surface area (TPSA) is 37.8 Å². The van der Waals surface area contributed by atoms with Crippen LogP contribution < -0.4 is 5.32 Å².